The van der Waals surface area contributed by atoms with Crippen LogP contribution >= 0.6 is 0 Å². The Morgan fingerprint density at radius 3 is 2.34 bits per heavy atom. The predicted octanol–water partition coefficient (Wildman–Crippen LogP) is 3.24. The van der Waals surface area contributed by atoms with E-state index in [1.54, 1.807) is 19.1 Å². The zero-order valence-corrected chi connectivity index (χ0v) is 20.1. The number of esters is 1. The van der Waals surface area contributed by atoms with Gasteiger partial charge in [-0.1, -0.05) is 32.0 Å². The van der Waals surface area contributed by atoms with E-state index in [1.807, 2.05) is 39.0 Å². The lowest BCUT2D eigenvalue weighted by Crippen LogP contribution is -2.25. The van der Waals surface area contributed by atoms with Crippen molar-refractivity contribution in [1.29, 1.82) is 0 Å². The van der Waals surface area contributed by atoms with Crippen molar-refractivity contribution < 1.29 is 27.5 Å². The van der Waals surface area contributed by atoms with Gasteiger partial charge in [-0.2, -0.15) is 0 Å². The van der Waals surface area contributed by atoms with E-state index >= 15 is 0 Å². The highest BCUT2D eigenvalue weighted by Crippen LogP contribution is 2.27. The lowest BCUT2D eigenvalue weighted by Gasteiger charge is -2.15. The van der Waals surface area contributed by atoms with Crippen LogP contribution in [0.15, 0.2) is 41.3 Å². The van der Waals surface area contributed by atoms with Crippen LogP contribution in [0.25, 0.3) is 0 Å². The molecule has 0 atom stereocenters. The molecule has 0 aliphatic rings. The molecule has 174 valence electrons. The highest BCUT2D eigenvalue weighted by molar-refractivity contribution is 7.89. The minimum absolute atomic E-state index is 0.0878. The van der Waals surface area contributed by atoms with Gasteiger partial charge in [0, 0.05) is 19.8 Å². The van der Waals surface area contributed by atoms with Gasteiger partial charge in [0.05, 0.1) is 4.90 Å². The highest BCUT2D eigenvalue weighted by Gasteiger charge is 2.20. The minimum atomic E-state index is -3.66. The fourth-order valence-corrected chi connectivity index (χ4v) is 4.06. The molecule has 32 heavy (non-hydrogen) atoms. The van der Waals surface area contributed by atoms with Crippen LogP contribution in [0.1, 0.15) is 36.5 Å². The number of ether oxygens (including phenoxy) is 2. The molecule has 0 radical (unpaired) electrons. The molecule has 0 bridgehead atoms. The maximum atomic E-state index is 12.4. The average molecular weight is 463 g/mol. The molecule has 0 heterocycles. The number of nitrogens with one attached hydrogen (secondary N) is 1. The second-order valence-corrected chi connectivity index (χ2v) is 10.1. The van der Waals surface area contributed by atoms with E-state index in [0.717, 1.165) is 15.4 Å². The molecule has 1 N–H and O–H groups in total. The van der Waals surface area contributed by atoms with Crippen LogP contribution in [0.5, 0.6) is 5.75 Å². The number of anilines is 1. The second kappa shape index (κ2) is 10.6. The van der Waals surface area contributed by atoms with Gasteiger partial charge in [-0.15, -0.1) is 0 Å². The third-order valence-electron chi connectivity index (χ3n) is 4.73. The molecule has 1 amide bonds. The van der Waals surface area contributed by atoms with E-state index in [9.17, 15) is 18.0 Å². The van der Waals surface area contributed by atoms with Crippen LogP contribution in [0, 0.1) is 13.8 Å². The summed E-state index contributed by atoms with van der Waals surface area (Å²) in [5.41, 5.74) is 2.82. The number of rotatable bonds is 9. The van der Waals surface area contributed by atoms with Crippen LogP contribution in [0.4, 0.5) is 5.69 Å². The standard InChI is InChI=1S/C23H30N2O6S/c1-15(2)19-10-7-16(3)11-20(19)30-14-23(27)31-13-22(26)24-18-9-8-17(4)21(12-18)32(28,29)25(5)6/h7-12,15H,13-14H2,1-6H3,(H,24,26). The summed E-state index contributed by atoms with van der Waals surface area (Å²) < 4.78 is 36.5. The number of carbonyl (C=O) groups is 2. The third-order valence-corrected chi connectivity index (χ3v) is 6.69. The van der Waals surface area contributed by atoms with Crippen molar-refractivity contribution in [3.05, 3.63) is 53.1 Å². The highest BCUT2D eigenvalue weighted by atomic mass is 32.2. The van der Waals surface area contributed by atoms with Gasteiger partial charge >= 0.3 is 5.97 Å². The first-order chi connectivity index (χ1) is 14.9. The van der Waals surface area contributed by atoms with Crippen LogP contribution in [0.2, 0.25) is 0 Å². The Morgan fingerprint density at radius 1 is 1.03 bits per heavy atom. The summed E-state index contributed by atoms with van der Waals surface area (Å²) in [5.74, 6) is -0.441. The Hall–Kier alpha value is -2.91. The van der Waals surface area contributed by atoms with Gasteiger partial charge in [-0.25, -0.2) is 17.5 Å². The van der Waals surface area contributed by atoms with Crippen LogP contribution < -0.4 is 10.1 Å². The molecule has 0 unspecified atom stereocenters. The van der Waals surface area contributed by atoms with Crippen LogP contribution in [-0.4, -0.2) is 51.9 Å². The van der Waals surface area contributed by atoms with Gasteiger partial charge in [0.2, 0.25) is 10.0 Å². The molecule has 9 heteroatoms. The van der Waals surface area contributed by atoms with E-state index in [2.05, 4.69) is 5.32 Å². The van der Waals surface area contributed by atoms with Crippen molar-refractivity contribution >= 4 is 27.6 Å². The lowest BCUT2D eigenvalue weighted by atomic mass is 10.0. The van der Waals surface area contributed by atoms with E-state index in [1.165, 1.54) is 20.2 Å². The van der Waals surface area contributed by atoms with E-state index < -0.39 is 28.5 Å². The molecule has 0 fully saturated rings. The second-order valence-electron chi connectivity index (χ2n) is 7.96. The first-order valence-corrected chi connectivity index (χ1v) is 11.6. The summed E-state index contributed by atoms with van der Waals surface area (Å²) in [6.45, 7) is 6.81. The van der Waals surface area contributed by atoms with Gasteiger partial charge in [-0.3, -0.25) is 4.79 Å². The van der Waals surface area contributed by atoms with Crippen molar-refractivity contribution in [3.63, 3.8) is 0 Å². The Kier molecular flexibility index (Phi) is 8.40. The minimum Gasteiger partial charge on any atom is -0.482 e. The van der Waals surface area contributed by atoms with Gasteiger partial charge in [-0.05, 0) is 54.7 Å². The number of hydrogen-bond acceptors (Lipinski definition) is 6. The molecular weight excluding hydrogens is 432 g/mol. The Bertz CT molecular complexity index is 1090. The third kappa shape index (κ3) is 6.54. The summed E-state index contributed by atoms with van der Waals surface area (Å²) in [5, 5.41) is 2.54. The summed E-state index contributed by atoms with van der Waals surface area (Å²) in [7, 11) is -0.792. The van der Waals surface area contributed by atoms with E-state index in [4.69, 9.17) is 9.47 Å². The lowest BCUT2D eigenvalue weighted by molar-refractivity contribution is -0.149. The summed E-state index contributed by atoms with van der Waals surface area (Å²) >= 11 is 0. The normalized spacial score (nSPS) is 11.5. The first-order valence-electron chi connectivity index (χ1n) is 10.1. The zero-order valence-electron chi connectivity index (χ0n) is 19.3. The quantitative estimate of drug-likeness (QED) is 0.574. The van der Waals surface area contributed by atoms with E-state index in [-0.39, 0.29) is 23.1 Å². The average Bonchev–Trinajstić information content (AvgIpc) is 2.71. The van der Waals surface area contributed by atoms with Gasteiger partial charge in [0.1, 0.15) is 5.75 Å². The molecule has 2 aromatic rings. The summed E-state index contributed by atoms with van der Waals surface area (Å²) in [6, 6.07) is 10.3. The SMILES string of the molecule is Cc1ccc(C(C)C)c(OCC(=O)OCC(=O)Nc2ccc(C)c(S(=O)(=O)N(C)C)c2)c1. The molecule has 0 aromatic heterocycles. The smallest absolute Gasteiger partial charge is 0.344 e. The number of aryl methyl sites for hydroxylation is 2. The predicted molar refractivity (Wildman–Crippen MR) is 122 cm³/mol. The van der Waals surface area contributed by atoms with E-state index in [0.29, 0.717) is 11.3 Å². The van der Waals surface area contributed by atoms with Crippen molar-refractivity contribution in [2.45, 2.75) is 38.5 Å². The molecule has 0 saturated heterocycles. The maximum absolute atomic E-state index is 12.4. The molecule has 2 rings (SSSR count). The van der Waals surface area contributed by atoms with Crippen molar-refractivity contribution in [2.24, 2.45) is 0 Å². The van der Waals surface area contributed by atoms with Gasteiger partial charge < -0.3 is 14.8 Å². The van der Waals surface area contributed by atoms with Crippen LogP contribution in [0.3, 0.4) is 0 Å². The largest absolute Gasteiger partial charge is 0.482 e. The fraction of sp³-hybridized carbons (Fsp3) is 0.391. The summed E-state index contributed by atoms with van der Waals surface area (Å²) in [4.78, 5) is 24.3. The number of carbonyl (C=O) groups excluding carboxylic acids is 2. The molecule has 0 saturated carbocycles. The Labute approximate surface area is 189 Å². The van der Waals surface area contributed by atoms with Crippen molar-refractivity contribution in [1.82, 2.24) is 4.31 Å². The molecule has 2 aromatic carbocycles. The Morgan fingerprint density at radius 2 is 1.72 bits per heavy atom. The molecule has 0 aliphatic carbocycles. The first kappa shape index (κ1) is 25.4. The summed E-state index contributed by atoms with van der Waals surface area (Å²) in [6.07, 6.45) is 0. The molecule has 0 aliphatic heterocycles. The molecule has 0 spiro atoms. The number of hydrogen-bond donors (Lipinski definition) is 1. The Balaban J connectivity index is 1.94. The van der Waals surface area contributed by atoms with Gasteiger partial charge in [0.25, 0.3) is 5.91 Å². The van der Waals surface area contributed by atoms with Gasteiger partial charge in [0.15, 0.2) is 13.2 Å². The van der Waals surface area contributed by atoms with Crippen LogP contribution in [-0.2, 0) is 24.3 Å². The maximum Gasteiger partial charge on any atom is 0.344 e. The number of sulfonamides is 1. The monoisotopic (exact) mass is 462 g/mol. The van der Waals surface area contributed by atoms with Crippen molar-refractivity contribution in [2.75, 3.05) is 32.6 Å². The van der Waals surface area contributed by atoms with Crippen molar-refractivity contribution in [3.8, 4) is 5.75 Å². The number of nitrogens with zero attached hydrogens (tertiary/aromatic N) is 1. The fourth-order valence-electron chi connectivity index (χ4n) is 2.92. The number of amides is 1. The molecular formula is C23H30N2O6S. The number of benzene rings is 2. The zero-order chi connectivity index (χ0) is 24.1. The molecule has 8 nitrogen and oxygen atoms in total. The topological polar surface area (TPSA) is 102 Å².